The molecular formula is C4H6F3N3. The fourth-order valence-electron chi connectivity index (χ4n) is 0.586. The zero-order valence-electron chi connectivity index (χ0n) is 5.16. The number of amidine groups is 1. The molecule has 0 radical (unpaired) electrons. The van der Waals surface area contributed by atoms with Gasteiger partial charge < -0.3 is 5.43 Å². The monoisotopic (exact) mass is 153 g/mol. The van der Waals surface area contributed by atoms with Crippen LogP contribution in [-0.2, 0) is 0 Å². The van der Waals surface area contributed by atoms with Crippen LogP contribution in [0.25, 0.3) is 0 Å². The second kappa shape index (κ2) is 2.12. The number of hydrogen-bond donors (Lipinski definition) is 2. The molecule has 1 aliphatic heterocycles. The fraction of sp³-hybridized carbons (Fsp3) is 0.750. The van der Waals surface area contributed by atoms with Crippen molar-refractivity contribution >= 4 is 5.84 Å². The van der Waals surface area contributed by atoms with Gasteiger partial charge in [0, 0.05) is 0 Å². The van der Waals surface area contributed by atoms with Crippen LogP contribution in [0.5, 0.6) is 0 Å². The molecule has 0 saturated heterocycles. The van der Waals surface area contributed by atoms with Crippen LogP contribution in [0.4, 0.5) is 13.2 Å². The van der Waals surface area contributed by atoms with Crippen molar-refractivity contribution in [3.63, 3.8) is 0 Å². The summed E-state index contributed by atoms with van der Waals surface area (Å²) >= 11 is 0. The SMILES string of the molecule is CC1=NC(C(F)(F)F)NN1. The van der Waals surface area contributed by atoms with Crippen molar-refractivity contribution in [2.75, 3.05) is 0 Å². The van der Waals surface area contributed by atoms with Gasteiger partial charge in [0.1, 0.15) is 5.84 Å². The third-order valence-electron chi connectivity index (χ3n) is 1.02. The summed E-state index contributed by atoms with van der Waals surface area (Å²) in [7, 11) is 0. The molecule has 0 aromatic heterocycles. The normalized spacial score (nSPS) is 26.0. The number of nitrogens with one attached hydrogen (secondary N) is 2. The Morgan fingerprint density at radius 2 is 2.10 bits per heavy atom. The maximum absolute atomic E-state index is 11.7. The molecule has 0 aromatic carbocycles. The molecule has 0 fully saturated rings. The van der Waals surface area contributed by atoms with Crippen molar-refractivity contribution in [1.29, 1.82) is 0 Å². The van der Waals surface area contributed by atoms with E-state index in [1.807, 2.05) is 5.43 Å². The van der Waals surface area contributed by atoms with Crippen molar-refractivity contribution in [3.05, 3.63) is 0 Å². The first-order valence-electron chi connectivity index (χ1n) is 2.63. The van der Waals surface area contributed by atoms with Crippen molar-refractivity contribution in [3.8, 4) is 0 Å². The molecule has 0 aliphatic carbocycles. The van der Waals surface area contributed by atoms with Crippen LogP contribution in [0.1, 0.15) is 6.92 Å². The van der Waals surface area contributed by atoms with E-state index in [1.165, 1.54) is 6.92 Å². The molecule has 0 bridgehead atoms. The number of aliphatic imine (C=N–C) groups is 1. The Balaban J connectivity index is 2.61. The van der Waals surface area contributed by atoms with E-state index in [1.54, 1.807) is 0 Å². The zero-order chi connectivity index (χ0) is 7.78. The lowest BCUT2D eigenvalue weighted by Gasteiger charge is -2.10. The van der Waals surface area contributed by atoms with Crippen molar-refractivity contribution in [2.45, 2.75) is 19.3 Å². The summed E-state index contributed by atoms with van der Waals surface area (Å²) in [6.07, 6.45) is -6.09. The predicted octanol–water partition coefficient (Wildman–Crippen LogP) is 0.401. The third-order valence-corrected chi connectivity index (χ3v) is 1.02. The van der Waals surface area contributed by atoms with E-state index in [-0.39, 0.29) is 5.84 Å². The minimum absolute atomic E-state index is 0.252. The molecule has 2 N–H and O–H groups in total. The van der Waals surface area contributed by atoms with E-state index < -0.39 is 12.3 Å². The third kappa shape index (κ3) is 1.38. The van der Waals surface area contributed by atoms with E-state index in [2.05, 4.69) is 10.4 Å². The van der Waals surface area contributed by atoms with Crippen LogP contribution >= 0.6 is 0 Å². The van der Waals surface area contributed by atoms with Gasteiger partial charge in [0.05, 0.1) is 0 Å². The van der Waals surface area contributed by atoms with Gasteiger partial charge in [-0.15, -0.1) is 0 Å². The second-order valence-electron chi connectivity index (χ2n) is 1.93. The molecular weight excluding hydrogens is 147 g/mol. The summed E-state index contributed by atoms with van der Waals surface area (Å²) in [5.41, 5.74) is 4.22. The lowest BCUT2D eigenvalue weighted by atomic mass is 10.5. The van der Waals surface area contributed by atoms with Crippen molar-refractivity contribution in [2.24, 2.45) is 4.99 Å². The van der Waals surface area contributed by atoms with Crippen LogP contribution in [0, 0.1) is 0 Å². The fourth-order valence-corrected chi connectivity index (χ4v) is 0.586. The number of nitrogens with zero attached hydrogens (tertiary/aromatic N) is 1. The van der Waals surface area contributed by atoms with E-state index in [0.29, 0.717) is 0 Å². The highest BCUT2D eigenvalue weighted by Gasteiger charge is 2.41. The Morgan fingerprint density at radius 1 is 1.50 bits per heavy atom. The summed E-state index contributed by atoms with van der Waals surface area (Å²) < 4.78 is 35.2. The Bertz CT molecular complexity index is 162. The minimum Gasteiger partial charge on any atom is -0.308 e. The topological polar surface area (TPSA) is 36.4 Å². The Morgan fingerprint density at radius 3 is 2.30 bits per heavy atom. The quantitative estimate of drug-likeness (QED) is 0.528. The molecule has 10 heavy (non-hydrogen) atoms. The molecule has 1 aliphatic rings. The van der Waals surface area contributed by atoms with Crippen LogP contribution in [0.3, 0.4) is 0 Å². The summed E-state index contributed by atoms with van der Waals surface area (Å²) in [6.45, 7) is 1.46. The van der Waals surface area contributed by atoms with E-state index in [9.17, 15) is 13.2 Å². The first kappa shape index (κ1) is 7.33. The standard InChI is InChI=1S/C4H6F3N3/c1-2-8-3(10-9-2)4(5,6)7/h3,10H,1H3,(H,8,9). The number of halogens is 3. The number of hydrazine groups is 1. The highest BCUT2D eigenvalue weighted by Crippen LogP contribution is 2.21. The molecule has 0 amide bonds. The molecule has 1 heterocycles. The largest absolute Gasteiger partial charge is 0.425 e. The minimum atomic E-state index is -4.30. The number of hydrogen-bond acceptors (Lipinski definition) is 3. The molecule has 0 aromatic rings. The number of alkyl halides is 3. The Hall–Kier alpha value is -0.780. The molecule has 3 nitrogen and oxygen atoms in total. The summed E-state index contributed by atoms with van der Waals surface area (Å²) in [4.78, 5) is 3.23. The average molecular weight is 153 g/mol. The van der Waals surface area contributed by atoms with Crippen LogP contribution in [0.2, 0.25) is 0 Å². The average Bonchev–Trinajstić information content (AvgIpc) is 2.11. The lowest BCUT2D eigenvalue weighted by molar-refractivity contribution is -0.152. The van der Waals surface area contributed by atoms with Gasteiger partial charge in [-0.05, 0) is 6.92 Å². The highest BCUT2D eigenvalue weighted by atomic mass is 19.4. The molecule has 1 rings (SSSR count). The summed E-state index contributed by atoms with van der Waals surface area (Å²) in [5, 5.41) is 0. The van der Waals surface area contributed by atoms with Gasteiger partial charge in [0.2, 0.25) is 6.17 Å². The van der Waals surface area contributed by atoms with Crippen LogP contribution in [-0.4, -0.2) is 18.2 Å². The zero-order valence-corrected chi connectivity index (χ0v) is 5.16. The highest BCUT2D eigenvalue weighted by molar-refractivity contribution is 5.80. The summed E-state index contributed by atoms with van der Waals surface area (Å²) in [5.74, 6) is 0.252. The molecule has 6 heteroatoms. The van der Waals surface area contributed by atoms with Gasteiger partial charge >= 0.3 is 6.18 Å². The van der Waals surface area contributed by atoms with Gasteiger partial charge in [-0.1, -0.05) is 0 Å². The predicted molar refractivity (Wildman–Crippen MR) is 29.2 cm³/mol. The number of rotatable bonds is 0. The van der Waals surface area contributed by atoms with Crippen LogP contribution < -0.4 is 10.9 Å². The van der Waals surface area contributed by atoms with Crippen molar-refractivity contribution in [1.82, 2.24) is 10.9 Å². The van der Waals surface area contributed by atoms with E-state index in [0.717, 1.165) is 0 Å². The molecule has 0 spiro atoms. The van der Waals surface area contributed by atoms with Gasteiger partial charge in [-0.3, -0.25) is 0 Å². The van der Waals surface area contributed by atoms with Crippen LogP contribution in [0.15, 0.2) is 4.99 Å². The molecule has 1 atom stereocenters. The van der Waals surface area contributed by atoms with Gasteiger partial charge in [0.25, 0.3) is 0 Å². The molecule has 58 valence electrons. The maximum Gasteiger partial charge on any atom is 0.425 e. The van der Waals surface area contributed by atoms with Crippen molar-refractivity contribution < 1.29 is 13.2 Å². The first-order chi connectivity index (χ1) is 4.50. The summed E-state index contributed by atoms with van der Waals surface area (Å²) in [6, 6.07) is 0. The Labute approximate surface area is 55.3 Å². The molecule has 0 saturated carbocycles. The van der Waals surface area contributed by atoms with Gasteiger partial charge in [-0.2, -0.15) is 13.2 Å². The lowest BCUT2D eigenvalue weighted by Crippen LogP contribution is -2.42. The second-order valence-corrected chi connectivity index (χ2v) is 1.93. The van der Waals surface area contributed by atoms with Gasteiger partial charge in [0.15, 0.2) is 0 Å². The maximum atomic E-state index is 11.7. The first-order valence-corrected chi connectivity index (χ1v) is 2.63. The Kier molecular flexibility index (Phi) is 1.55. The van der Waals surface area contributed by atoms with E-state index in [4.69, 9.17) is 0 Å². The molecule has 1 unspecified atom stereocenters. The van der Waals surface area contributed by atoms with Gasteiger partial charge in [-0.25, -0.2) is 10.4 Å². The van der Waals surface area contributed by atoms with E-state index >= 15 is 0 Å². The smallest absolute Gasteiger partial charge is 0.308 e.